The first kappa shape index (κ1) is 25.1. The van der Waals surface area contributed by atoms with Crippen LogP contribution in [0.3, 0.4) is 0 Å². The van der Waals surface area contributed by atoms with Gasteiger partial charge in [-0.1, -0.05) is 23.3 Å². The van der Waals surface area contributed by atoms with Crippen molar-refractivity contribution in [3.8, 4) is 0 Å². The number of benzene rings is 1. The molecule has 7 heteroatoms. The predicted octanol–water partition coefficient (Wildman–Crippen LogP) is 5.34. The van der Waals surface area contributed by atoms with Gasteiger partial charge in [-0.2, -0.15) is 0 Å². The van der Waals surface area contributed by atoms with Gasteiger partial charge in [-0.05, 0) is 63.3 Å². The number of hydrogen-bond acceptors (Lipinski definition) is 5. The van der Waals surface area contributed by atoms with Crippen molar-refractivity contribution in [2.24, 2.45) is 0 Å². The number of rotatable bonds is 7. The van der Waals surface area contributed by atoms with E-state index in [2.05, 4.69) is 42.2 Å². The molecule has 0 spiro atoms. The van der Waals surface area contributed by atoms with Gasteiger partial charge in [-0.15, -0.1) is 0 Å². The van der Waals surface area contributed by atoms with Gasteiger partial charge < -0.3 is 19.1 Å². The molecule has 0 atom stereocenters. The van der Waals surface area contributed by atoms with Gasteiger partial charge >= 0.3 is 0 Å². The third kappa shape index (κ3) is 5.87. The van der Waals surface area contributed by atoms with Crippen LogP contribution in [0.15, 0.2) is 58.9 Å². The molecule has 0 N–H and O–H groups in total. The van der Waals surface area contributed by atoms with Crippen LogP contribution < -0.4 is 4.90 Å². The van der Waals surface area contributed by atoms with Crippen molar-refractivity contribution < 1.29 is 14.0 Å². The third-order valence-corrected chi connectivity index (χ3v) is 7.56. The lowest BCUT2D eigenvalue weighted by Crippen LogP contribution is -2.48. The van der Waals surface area contributed by atoms with Crippen molar-refractivity contribution in [1.29, 1.82) is 0 Å². The maximum absolute atomic E-state index is 13.6. The van der Waals surface area contributed by atoms with Crippen LogP contribution in [0.1, 0.15) is 60.5 Å². The van der Waals surface area contributed by atoms with Gasteiger partial charge in [-0.3, -0.25) is 9.59 Å². The molecule has 194 valence electrons. The van der Waals surface area contributed by atoms with Crippen LogP contribution in [0.4, 0.5) is 5.82 Å². The van der Waals surface area contributed by atoms with E-state index in [4.69, 9.17) is 9.40 Å². The van der Waals surface area contributed by atoms with Crippen molar-refractivity contribution in [3.63, 3.8) is 0 Å². The number of hydrogen-bond donors (Lipinski definition) is 0. The molecule has 3 aromatic rings. The molecule has 1 aliphatic carbocycles. The fourth-order valence-electron chi connectivity index (χ4n) is 5.39. The average molecular weight is 501 g/mol. The lowest BCUT2D eigenvalue weighted by Gasteiger charge is -2.36. The Morgan fingerprint density at radius 1 is 1.08 bits per heavy atom. The number of furan rings is 1. The number of carbonyl (C=O) groups excluding carboxylic acids is 2. The minimum absolute atomic E-state index is 0.0261. The summed E-state index contributed by atoms with van der Waals surface area (Å²) in [4.78, 5) is 36.6. The van der Waals surface area contributed by atoms with E-state index in [1.54, 1.807) is 19.3 Å². The Morgan fingerprint density at radius 3 is 2.62 bits per heavy atom. The summed E-state index contributed by atoms with van der Waals surface area (Å²) in [6.45, 7) is 7.62. The summed E-state index contributed by atoms with van der Waals surface area (Å²) in [7, 11) is 0. The number of nitrogens with zero attached hydrogens (tertiary/aromatic N) is 4. The Hall–Kier alpha value is -3.61. The van der Waals surface area contributed by atoms with Crippen LogP contribution in [0.25, 0.3) is 10.9 Å². The molecule has 37 heavy (non-hydrogen) atoms. The normalized spacial score (nSPS) is 16.1. The van der Waals surface area contributed by atoms with E-state index in [-0.39, 0.29) is 11.8 Å². The number of carbonyl (C=O) groups is 2. The quantitative estimate of drug-likeness (QED) is 0.410. The molecule has 0 unspecified atom stereocenters. The fraction of sp³-hybridized carbons (Fsp3) is 0.433. The SMILES string of the molecule is CC(=O)N1CCN(c2nc3ccc(C)cc3cc2CN(CCC2=CCCCC2)C(=O)c2ccoc2)CC1. The van der Waals surface area contributed by atoms with E-state index in [1.165, 1.54) is 30.2 Å². The first-order chi connectivity index (χ1) is 18.0. The molecule has 1 aromatic carbocycles. The summed E-state index contributed by atoms with van der Waals surface area (Å²) in [5.41, 5.74) is 5.17. The summed E-state index contributed by atoms with van der Waals surface area (Å²) >= 11 is 0. The van der Waals surface area contributed by atoms with Crippen molar-refractivity contribution >= 4 is 28.5 Å². The summed E-state index contributed by atoms with van der Waals surface area (Å²) in [5, 5.41) is 1.08. The third-order valence-electron chi connectivity index (χ3n) is 7.56. The Morgan fingerprint density at radius 2 is 1.92 bits per heavy atom. The monoisotopic (exact) mass is 500 g/mol. The van der Waals surface area contributed by atoms with Crippen molar-refractivity contribution in [2.45, 2.75) is 52.5 Å². The molecular weight excluding hydrogens is 464 g/mol. The van der Waals surface area contributed by atoms with Crippen molar-refractivity contribution in [3.05, 3.63) is 71.2 Å². The standard InChI is InChI=1S/C30H36N4O3/c1-22-8-9-28-26(18-22)19-27(29(31-28)33-15-13-32(14-16-33)23(2)35)20-34(30(36)25-11-17-37-21-25)12-10-24-6-4-3-5-7-24/h6,8-9,11,17-19,21H,3-5,7,10,12-16,20H2,1-2H3. The Bertz CT molecular complexity index is 1290. The largest absolute Gasteiger partial charge is 0.472 e. The number of allylic oxidation sites excluding steroid dienone is 1. The van der Waals surface area contributed by atoms with Crippen LogP contribution in [0.5, 0.6) is 0 Å². The minimum Gasteiger partial charge on any atom is -0.472 e. The molecule has 1 aliphatic heterocycles. The maximum Gasteiger partial charge on any atom is 0.257 e. The highest BCUT2D eigenvalue weighted by atomic mass is 16.3. The topological polar surface area (TPSA) is 69.9 Å². The molecule has 7 nitrogen and oxygen atoms in total. The lowest BCUT2D eigenvalue weighted by atomic mass is 9.97. The number of pyridine rings is 1. The van der Waals surface area contributed by atoms with Gasteiger partial charge in [0, 0.05) is 57.1 Å². The van der Waals surface area contributed by atoms with Gasteiger partial charge in [0.05, 0.1) is 17.3 Å². The molecule has 5 rings (SSSR count). The van der Waals surface area contributed by atoms with Crippen LogP contribution in [0.2, 0.25) is 0 Å². The van der Waals surface area contributed by atoms with E-state index in [0.717, 1.165) is 54.6 Å². The summed E-state index contributed by atoms with van der Waals surface area (Å²) in [5.74, 6) is 0.985. The second-order valence-corrected chi connectivity index (χ2v) is 10.3. The molecule has 2 aromatic heterocycles. The lowest BCUT2D eigenvalue weighted by molar-refractivity contribution is -0.129. The smallest absolute Gasteiger partial charge is 0.257 e. The van der Waals surface area contributed by atoms with E-state index in [9.17, 15) is 9.59 Å². The molecule has 1 saturated heterocycles. The van der Waals surface area contributed by atoms with E-state index in [1.807, 2.05) is 9.80 Å². The zero-order valence-electron chi connectivity index (χ0n) is 21.9. The second kappa shape index (κ2) is 11.2. The van der Waals surface area contributed by atoms with Gasteiger partial charge in [0.15, 0.2) is 0 Å². The number of fused-ring (bicyclic) bond motifs is 1. The zero-order valence-corrected chi connectivity index (χ0v) is 21.9. The van der Waals surface area contributed by atoms with Gasteiger partial charge in [0.25, 0.3) is 5.91 Å². The molecule has 0 radical (unpaired) electrons. The number of amides is 2. The highest BCUT2D eigenvalue weighted by molar-refractivity contribution is 5.94. The number of piperazine rings is 1. The van der Waals surface area contributed by atoms with Crippen LogP contribution in [-0.4, -0.2) is 59.3 Å². The molecular formula is C30H36N4O3. The minimum atomic E-state index is -0.0261. The molecule has 0 saturated carbocycles. The number of aryl methyl sites for hydroxylation is 1. The highest BCUT2D eigenvalue weighted by Crippen LogP contribution is 2.28. The molecule has 0 bridgehead atoms. The highest BCUT2D eigenvalue weighted by Gasteiger charge is 2.25. The molecule has 2 aliphatic rings. The first-order valence-corrected chi connectivity index (χ1v) is 13.4. The van der Waals surface area contributed by atoms with Crippen LogP contribution in [0, 0.1) is 6.92 Å². The summed E-state index contributed by atoms with van der Waals surface area (Å²) < 4.78 is 5.24. The molecule has 3 heterocycles. The first-order valence-electron chi connectivity index (χ1n) is 13.4. The molecule has 2 amide bonds. The zero-order chi connectivity index (χ0) is 25.8. The Balaban J connectivity index is 1.47. The Kier molecular flexibility index (Phi) is 7.58. The van der Waals surface area contributed by atoms with Crippen molar-refractivity contribution in [1.82, 2.24) is 14.8 Å². The maximum atomic E-state index is 13.6. The predicted molar refractivity (Wildman–Crippen MR) is 146 cm³/mol. The van der Waals surface area contributed by atoms with Crippen molar-refractivity contribution in [2.75, 3.05) is 37.6 Å². The summed E-state index contributed by atoms with van der Waals surface area (Å²) in [6.07, 6.45) is 11.1. The van der Waals surface area contributed by atoms with E-state index >= 15 is 0 Å². The van der Waals surface area contributed by atoms with Gasteiger partial charge in [0.2, 0.25) is 5.91 Å². The van der Waals surface area contributed by atoms with E-state index in [0.29, 0.717) is 31.7 Å². The van der Waals surface area contributed by atoms with Crippen LogP contribution >= 0.6 is 0 Å². The average Bonchev–Trinajstić information content (AvgIpc) is 3.46. The summed E-state index contributed by atoms with van der Waals surface area (Å²) in [6, 6.07) is 10.2. The number of aromatic nitrogens is 1. The fourth-order valence-corrected chi connectivity index (χ4v) is 5.39. The van der Waals surface area contributed by atoms with Crippen LogP contribution in [-0.2, 0) is 11.3 Å². The number of anilines is 1. The van der Waals surface area contributed by atoms with E-state index < -0.39 is 0 Å². The second-order valence-electron chi connectivity index (χ2n) is 10.3. The molecule has 1 fully saturated rings. The van der Waals surface area contributed by atoms with Gasteiger partial charge in [0.1, 0.15) is 12.1 Å². The van der Waals surface area contributed by atoms with Gasteiger partial charge in [-0.25, -0.2) is 4.98 Å². The Labute approximate surface area is 218 Å².